The van der Waals surface area contributed by atoms with Gasteiger partial charge in [0.15, 0.2) is 0 Å². The van der Waals surface area contributed by atoms with Crippen LogP contribution in [-0.2, 0) is 0 Å². The molecule has 47 heavy (non-hydrogen) atoms. The zero-order valence-corrected chi connectivity index (χ0v) is 27.3. The molecule has 226 valence electrons. The molecular formula is C47H38. The summed E-state index contributed by atoms with van der Waals surface area (Å²) in [5.74, 6) is 0.468. The summed E-state index contributed by atoms with van der Waals surface area (Å²) in [6.07, 6.45) is 9.90. The second-order valence-electron chi connectivity index (χ2n) is 13.0. The van der Waals surface area contributed by atoms with E-state index in [-0.39, 0.29) is 0 Å². The molecule has 7 aromatic rings. The summed E-state index contributed by atoms with van der Waals surface area (Å²) in [6.45, 7) is 6.73. The lowest BCUT2D eigenvalue weighted by molar-refractivity contribution is 0.760. The predicted molar refractivity (Wildman–Crippen MR) is 205 cm³/mol. The fraction of sp³-hybridized carbons (Fsp3) is 0.106. The monoisotopic (exact) mass is 602 g/mol. The van der Waals surface area contributed by atoms with E-state index in [0.29, 0.717) is 5.92 Å². The average molecular weight is 603 g/mol. The maximum Gasteiger partial charge on any atom is -0.00201 e. The van der Waals surface area contributed by atoms with Crippen molar-refractivity contribution in [1.29, 1.82) is 0 Å². The van der Waals surface area contributed by atoms with Crippen molar-refractivity contribution in [1.82, 2.24) is 0 Å². The Morgan fingerprint density at radius 1 is 0.447 bits per heavy atom. The Kier molecular flexibility index (Phi) is 7.43. The number of benzene rings is 7. The molecule has 0 aliphatic heterocycles. The Balaban J connectivity index is 1.35. The molecule has 1 atom stereocenters. The minimum atomic E-state index is 0.468. The lowest BCUT2D eigenvalue weighted by Crippen LogP contribution is -2.01. The molecule has 1 unspecified atom stereocenters. The molecule has 0 amide bonds. The third-order valence-corrected chi connectivity index (χ3v) is 9.97. The quantitative estimate of drug-likeness (QED) is 0.176. The Morgan fingerprint density at radius 2 is 0.957 bits per heavy atom. The van der Waals surface area contributed by atoms with E-state index in [1.807, 2.05) is 0 Å². The van der Waals surface area contributed by atoms with Crippen LogP contribution in [0, 0.1) is 12.8 Å². The zero-order valence-electron chi connectivity index (χ0n) is 27.3. The second kappa shape index (κ2) is 12.0. The van der Waals surface area contributed by atoms with Crippen LogP contribution < -0.4 is 0 Å². The molecule has 1 aliphatic carbocycles. The van der Waals surface area contributed by atoms with Crippen molar-refractivity contribution >= 4 is 37.9 Å². The van der Waals surface area contributed by atoms with Crippen molar-refractivity contribution in [3.05, 3.63) is 174 Å². The first-order valence-electron chi connectivity index (χ1n) is 16.8. The van der Waals surface area contributed by atoms with E-state index in [4.69, 9.17) is 0 Å². The first kappa shape index (κ1) is 29.0. The van der Waals surface area contributed by atoms with Crippen LogP contribution in [0.1, 0.15) is 31.4 Å². The first-order valence-corrected chi connectivity index (χ1v) is 16.8. The van der Waals surface area contributed by atoms with E-state index in [2.05, 4.69) is 179 Å². The fourth-order valence-corrected chi connectivity index (χ4v) is 7.73. The van der Waals surface area contributed by atoms with Gasteiger partial charge in [-0.2, -0.15) is 0 Å². The predicted octanol–water partition coefficient (Wildman–Crippen LogP) is 13.4. The summed E-state index contributed by atoms with van der Waals surface area (Å²) in [4.78, 5) is 0. The summed E-state index contributed by atoms with van der Waals surface area (Å²) in [6, 6.07) is 49.7. The van der Waals surface area contributed by atoms with Crippen molar-refractivity contribution in [2.45, 2.75) is 27.2 Å². The highest BCUT2D eigenvalue weighted by Gasteiger charge is 2.19. The van der Waals surface area contributed by atoms with E-state index in [9.17, 15) is 0 Å². The molecule has 0 heterocycles. The van der Waals surface area contributed by atoms with Gasteiger partial charge in [0.25, 0.3) is 0 Å². The largest absolute Gasteiger partial charge is 0.0839 e. The maximum absolute atomic E-state index is 2.34. The van der Waals surface area contributed by atoms with Gasteiger partial charge in [-0.05, 0) is 109 Å². The number of aryl methyl sites for hydroxylation is 1. The highest BCUT2D eigenvalue weighted by molar-refractivity contribution is 6.24. The normalized spacial score (nSPS) is 17.9. The third kappa shape index (κ3) is 5.11. The van der Waals surface area contributed by atoms with Crippen molar-refractivity contribution in [2.24, 2.45) is 5.92 Å². The molecule has 0 N–H and O–H groups in total. The van der Waals surface area contributed by atoms with Gasteiger partial charge < -0.3 is 0 Å². The minimum Gasteiger partial charge on any atom is -0.0839 e. The molecule has 0 bridgehead atoms. The first-order chi connectivity index (χ1) is 23.1. The SMILES string of the molecule is CC1=C(\c2ccc(-c3c4ccccc4c(-c4cccc5c(-c6ccc(C)cc6)cccc45)c4ccccc34)cc2)C(C)C/C=C/C=C\1. The number of allylic oxidation sites excluding steroid dienone is 6. The summed E-state index contributed by atoms with van der Waals surface area (Å²) in [7, 11) is 0. The topological polar surface area (TPSA) is 0 Å². The van der Waals surface area contributed by atoms with Gasteiger partial charge in [-0.3, -0.25) is 0 Å². The van der Waals surface area contributed by atoms with Gasteiger partial charge in [0.05, 0.1) is 0 Å². The van der Waals surface area contributed by atoms with Crippen LogP contribution >= 0.6 is 0 Å². The molecule has 0 fully saturated rings. The number of fused-ring (bicyclic) bond motifs is 3. The molecule has 0 spiro atoms. The Bertz CT molecular complexity index is 2320. The maximum atomic E-state index is 2.34. The van der Waals surface area contributed by atoms with Crippen LogP contribution in [0.5, 0.6) is 0 Å². The Labute approximate surface area is 278 Å². The Hall–Kier alpha value is -5.46. The lowest BCUT2D eigenvalue weighted by atomic mass is 9.83. The van der Waals surface area contributed by atoms with E-state index in [1.165, 1.54) is 88.0 Å². The summed E-state index contributed by atoms with van der Waals surface area (Å²) in [5.41, 5.74) is 13.0. The molecule has 0 heteroatoms. The third-order valence-electron chi connectivity index (χ3n) is 9.97. The fourth-order valence-electron chi connectivity index (χ4n) is 7.73. The van der Waals surface area contributed by atoms with Crippen LogP contribution in [0.25, 0.3) is 71.3 Å². The van der Waals surface area contributed by atoms with E-state index in [0.717, 1.165) is 6.42 Å². The molecule has 7 aromatic carbocycles. The summed E-state index contributed by atoms with van der Waals surface area (Å²) >= 11 is 0. The molecule has 0 saturated heterocycles. The number of hydrogen-bond acceptors (Lipinski definition) is 0. The smallest absolute Gasteiger partial charge is 0.00201 e. The molecular weight excluding hydrogens is 565 g/mol. The van der Waals surface area contributed by atoms with Gasteiger partial charge in [-0.15, -0.1) is 0 Å². The minimum absolute atomic E-state index is 0.468. The van der Waals surface area contributed by atoms with Crippen LogP contribution in [0.2, 0.25) is 0 Å². The summed E-state index contributed by atoms with van der Waals surface area (Å²) in [5, 5.41) is 7.68. The van der Waals surface area contributed by atoms with Crippen molar-refractivity contribution in [2.75, 3.05) is 0 Å². The van der Waals surface area contributed by atoms with Crippen molar-refractivity contribution in [3.8, 4) is 33.4 Å². The van der Waals surface area contributed by atoms with Gasteiger partial charge in [-0.25, -0.2) is 0 Å². The van der Waals surface area contributed by atoms with E-state index in [1.54, 1.807) is 0 Å². The lowest BCUT2D eigenvalue weighted by Gasteiger charge is -2.21. The number of rotatable bonds is 4. The van der Waals surface area contributed by atoms with Gasteiger partial charge in [0, 0.05) is 0 Å². The van der Waals surface area contributed by atoms with Gasteiger partial charge >= 0.3 is 0 Å². The highest BCUT2D eigenvalue weighted by atomic mass is 14.2. The second-order valence-corrected chi connectivity index (χ2v) is 13.0. The van der Waals surface area contributed by atoms with Crippen molar-refractivity contribution in [3.63, 3.8) is 0 Å². The summed E-state index contributed by atoms with van der Waals surface area (Å²) < 4.78 is 0. The van der Waals surface area contributed by atoms with E-state index < -0.39 is 0 Å². The molecule has 8 rings (SSSR count). The molecule has 0 saturated carbocycles. The van der Waals surface area contributed by atoms with Crippen molar-refractivity contribution < 1.29 is 0 Å². The average Bonchev–Trinajstić information content (AvgIpc) is 3.10. The number of hydrogen-bond donors (Lipinski definition) is 0. The molecule has 0 radical (unpaired) electrons. The highest BCUT2D eigenvalue weighted by Crippen LogP contribution is 2.46. The standard InChI is InChI=1S/C47H38/c1-31-23-25-34(26-24-31)37-19-11-21-39-38(37)20-12-22-40(39)47-43-17-9-7-15-41(43)46(42-16-8-10-18-44(42)47)36-29-27-35(28-30-36)45-32(2)13-5-4-6-14-33(45)3/h4-13,15-30,33H,14H2,1-3H3/b6-4+,13-5-,45-32+. The zero-order chi connectivity index (χ0) is 31.9. The van der Waals surface area contributed by atoms with Crippen LogP contribution in [0.3, 0.4) is 0 Å². The van der Waals surface area contributed by atoms with Crippen LogP contribution in [-0.4, -0.2) is 0 Å². The van der Waals surface area contributed by atoms with Gasteiger partial charge in [0.1, 0.15) is 0 Å². The van der Waals surface area contributed by atoms with E-state index >= 15 is 0 Å². The van der Waals surface area contributed by atoms with Gasteiger partial charge in [0.2, 0.25) is 0 Å². The Morgan fingerprint density at radius 3 is 1.60 bits per heavy atom. The van der Waals surface area contributed by atoms with Crippen LogP contribution in [0.15, 0.2) is 163 Å². The molecule has 0 aromatic heterocycles. The molecule has 0 nitrogen and oxygen atoms in total. The van der Waals surface area contributed by atoms with Crippen LogP contribution in [0.4, 0.5) is 0 Å². The molecule has 1 aliphatic rings. The van der Waals surface area contributed by atoms with Gasteiger partial charge in [-0.1, -0.05) is 170 Å².